The second kappa shape index (κ2) is 2.84. The monoisotopic (exact) mass is 179 g/mol. The number of hydrogen-bond donors (Lipinski definition) is 1. The Hall–Kier alpha value is -0.930. The molecule has 0 aliphatic rings. The predicted octanol–water partition coefficient (Wildman–Crippen LogP) is 2.10. The van der Waals surface area contributed by atoms with Crippen LogP contribution >= 0.6 is 11.5 Å². The van der Waals surface area contributed by atoms with Gasteiger partial charge < -0.3 is 5.11 Å². The molecule has 1 aromatic heterocycles. The Morgan fingerprint density at radius 1 is 1.50 bits per heavy atom. The van der Waals surface area contributed by atoms with Gasteiger partial charge in [-0.05, 0) is 30.1 Å². The number of aromatic nitrogens is 1. The third-order valence-corrected chi connectivity index (χ3v) is 2.80. The van der Waals surface area contributed by atoms with Gasteiger partial charge in [0.1, 0.15) is 0 Å². The highest BCUT2D eigenvalue weighted by atomic mass is 32.1. The van der Waals surface area contributed by atoms with Crippen LogP contribution in [0.1, 0.15) is 11.3 Å². The van der Waals surface area contributed by atoms with Crippen LogP contribution in [0.2, 0.25) is 0 Å². The first-order valence-corrected chi connectivity index (χ1v) is 4.54. The van der Waals surface area contributed by atoms with E-state index in [1.807, 2.05) is 25.1 Å². The summed E-state index contributed by atoms with van der Waals surface area (Å²) in [7, 11) is 0. The molecule has 0 saturated carbocycles. The number of aliphatic hydroxyl groups is 1. The fraction of sp³-hybridized carbons (Fsp3) is 0.222. The molecule has 0 radical (unpaired) electrons. The van der Waals surface area contributed by atoms with Crippen molar-refractivity contribution in [2.24, 2.45) is 0 Å². The van der Waals surface area contributed by atoms with Crippen LogP contribution in [-0.4, -0.2) is 9.48 Å². The molecule has 0 aliphatic carbocycles. The molecule has 12 heavy (non-hydrogen) atoms. The van der Waals surface area contributed by atoms with Crippen LogP contribution in [0.15, 0.2) is 18.2 Å². The zero-order valence-electron chi connectivity index (χ0n) is 6.74. The van der Waals surface area contributed by atoms with Crippen molar-refractivity contribution in [1.29, 1.82) is 0 Å². The fourth-order valence-electron chi connectivity index (χ4n) is 1.21. The molecular formula is C9H9NOS. The standard InChI is InChI=1S/C9H9NOS/c1-6-8-3-2-7(5-11)4-9(8)12-10-6/h2-4,11H,5H2,1H3. The highest BCUT2D eigenvalue weighted by molar-refractivity contribution is 7.13. The molecule has 62 valence electrons. The first-order chi connectivity index (χ1) is 5.81. The van der Waals surface area contributed by atoms with E-state index in [1.54, 1.807) is 0 Å². The first-order valence-electron chi connectivity index (χ1n) is 3.77. The molecule has 0 atom stereocenters. The summed E-state index contributed by atoms with van der Waals surface area (Å²) in [6, 6.07) is 5.93. The summed E-state index contributed by atoms with van der Waals surface area (Å²) in [5.74, 6) is 0. The van der Waals surface area contributed by atoms with Crippen molar-refractivity contribution in [2.45, 2.75) is 13.5 Å². The molecule has 0 saturated heterocycles. The van der Waals surface area contributed by atoms with E-state index in [-0.39, 0.29) is 6.61 Å². The van der Waals surface area contributed by atoms with Crippen molar-refractivity contribution in [3.05, 3.63) is 29.5 Å². The maximum Gasteiger partial charge on any atom is 0.0682 e. The Labute approximate surface area is 74.6 Å². The summed E-state index contributed by atoms with van der Waals surface area (Å²) in [5, 5.41) is 10.1. The first kappa shape index (κ1) is 7.71. The van der Waals surface area contributed by atoms with Crippen molar-refractivity contribution in [3.63, 3.8) is 0 Å². The molecule has 1 N–H and O–H groups in total. The zero-order chi connectivity index (χ0) is 8.55. The van der Waals surface area contributed by atoms with Gasteiger partial charge in [-0.2, -0.15) is 4.37 Å². The normalized spacial score (nSPS) is 10.8. The molecule has 0 aliphatic heterocycles. The Balaban J connectivity index is 2.69. The lowest BCUT2D eigenvalue weighted by atomic mass is 10.1. The minimum atomic E-state index is 0.104. The van der Waals surface area contributed by atoms with E-state index in [4.69, 9.17) is 5.11 Å². The van der Waals surface area contributed by atoms with Crippen molar-refractivity contribution < 1.29 is 5.11 Å². The van der Waals surface area contributed by atoms with Crippen molar-refractivity contribution in [2.75, 3.05) is 0 Å². The second-order valence-corrected chi connectivity index (χ2v) is 3.56. The summed E-state index contributed by atoms with van der Waals surface area (Å²) >= 11 is 1.48. The van der Waals surface area contributed by atoms with E-state index in [1.165, 1.54) is 16.9 Å². The Kier molecular flexibility index (Phi) is 1.83. The van der Waals surface area contributed by atoms with Crippen LogP contribution in [0.25, 0.3) is 10.1 Å². The van der Waals surface area contributed by atoms with Gasteiger partial charge in [0.15, 0.2) is 0 Å². The molecule has 0 bridgehead atoms. The van der Waals surface area contributed by atoms with E-state index in [0.717, 1.165) is 16.0 Å². The molecular weight excluding hydrogens is 170 g/mol. The van der Waals surface area contributed by atoms with Gasteiger partial charge in [0, 0.05) is 5.39 Å². The third kappa shape index (κ3) is 1.11. The highest BCUT2D eigenvalue weighted by Crippen LogP contribution is 2.22. The van der Waals surface area contributed by atoms with Gasteiger partial charge in [0.25, 0.3) is 0 Å². The topological polar surface area (TPSA) is 33.1 Å². The average molecular weight is 179 g/mol. The lowest BCUT2D eigenvalue weighted by molar-refractivity contribution is 0.282. The average Bonchev–Trinajstić information content (AvgIpc) is 2.47. The summed E-state index contributed by atoms with van der Waals surface area (Å²) < 4.78 is 5.38. The predicted molar refractivity (Wildman–Crippen MR) is 50.3 cm³/mol. The third-order valence-electron chi connectivity index (χ3n) is 1.90. The molecule has 2 rings (SSSR count). The van der Waals surface area contributed by atoms with Gasteiger partial charge in [-0.25, -0.2) is 0 Å². The van der Waals surface area contributed by atoms with Crippen LogP contribution in [0, 0.1) is 6.92 Å². The zero-order valence-corrected chi connectivity index (χ0v) is 7.56. The number of benzene rings is 1. The van der Waals surface area contributed by atoms with Gasteiger partial charge in [-0.3, -0.25) is 0 Å². The van der Waals surface area contributed by atoms with E-state index in [2.05, 4.69) is 4.37 Å². The van der Waals surface area contributed by atoms with Crippen LogP contribution in [0.5, 0.6) is 0 Å². The second-order valence-electron chi connectivity index (χ2n) is 2.76. The van der Waals surface area contributed by atoms with Gasteiger partial charge in [-0.15, -0.1) is 0 Å². The smallest absolute Gasteiger partial charge is 0.0682 e. The Morgan fingerprint density at radius 3 is 3.08 bits per heavy atom. The largest absolute Gasteiger partial charge is 0.392 e. The number of hydrogen-bond acceptors (Lipinski definition) is 3. The summed E-state index contributed by atoms with van der Waals surface area (Å²) in [6.45, 7) is 2.10. The summed E-state index contributed by atoms with van der Waals surface area (Å²) in [4.78, 5) is 0. The van der Waals surface area contributed by atoms with E-state index >= 15 is 0 Å². The van der Waals surface area contributed by atoms with Crippen molar-refractivity contribution in [3.8, 4) is 0 Å². The minimum absolute atomic E-state index is 0.104. The van der Waals surface area contributed by atoms with Crippen LogP contribution in [0.3, 0.4) is 0 Å². The fourth-order valence-corrected chi connectivity index (χ4v) is 2.06. The maximum atomic E-state index is 8.89. The molecule has 3 heteroatoms. The van der Waals surface area contributed by atoms with Gasteiger partial charge >= 0.3 is 0 Å². The van der Waals surface area contributed by atoms with E-state index in [0.29, 0.717) is 0 Å². The van der Waals surface area contributed by atoms with Crippen LogP contribution in [0.4, 0.5) is 0 Å². The summed E-state index contributed by atoms with van der Waals surface area (Å²) in [5.41, 5.74) is 2.02. The lowest BCUT2D eigenvalue weighted by Crippen LogP contribution is -1.80. The molecule has 0 spiro atoms. The molecule has 2 aromatic rings. The summed E-state index contributed by atoms with van der Waals surface area (Å²) in [6.07, 6.45) is 0. The molecule has 1 aromatic carbocycles. The molecule has 0 amide bonds. The number of rotatable bonds is 1. The quantitative estimate of drug-likeness (QED) is 0.727. The van der Waals surface area contributed by atoms with E-state index in [9.17, 15) is 0 Å². The molecule has 0 unspecified atom stereocenters. The maximum absolute atomic E-state index is 8.89. The minimum Gasteiger partial charge on any atom is -0.392 e. The molecule has 2 nitrogen and oxygen atoms in total. The Morgan fingerprint density at radius 2 is 2.33 bits per heavy atom. The number of aryl methyl sites for hydroxylation is 1. The number of aliphatic hydroxyl groups excluding tert-OH is 1. The number of nitrogens with zero attached hydrogens (tertiary/aromatic N) is 1. The SMILES string of the molecule is Cc1nsc2cc(CO)ccc12. The van der Waals surface area contributed by atoms with Crippen LogP contribution in [-0.2, 0) is 6.61 Å². The number of fused-ring (bicyclic) bond motifs is 1. The molecule has 1 heterocycles. The van der Waals surface area contributed by atoms with Gasteiger partial charge in [0.05, 0.1) is 17.0 Å². The lowest BCUT2D eigenvalue weighted by Gasteiger charge is -1.94. The van der Waals surface area contributed by atoms with Gasteiger partial charge in [-0.1, -0.05) is 12.1 Å². The van der Waals surface area contributed by atoms with Crippen molar-refractivity contribution >= 4 is 21.6 Å². The Bertz CT molecular complexity index is 408. The van der Waals surface area contributed by atoms with Crippen molar-refractivity contribution in [1.82, 2.24) is 4.37 Å². The van der Waals surface area contributed by atoms with E-state index < -0.39 is 0 Å². The van der Waals surface area contributed by atoms with Crippen LogP contribution < -0.4 is 0 Å². The molecule has 0 fully saturated rings. The highest BCUT2D eigenvalue weighted by Gasteiger charge is 2.01. The van der Waals surface area contributed by atoms with Gasteiger partial charge in [0.2, 0.25) is 0 Å².